The molecule has 0 rings (SSSR count). The summed E-state index contributed by atoms with van der Waals surface area (Å²) in [5, 5.41) is 0. The van der Waals surface area contributed by atoms with Gasteiger partial charge >= 0.3 is 17.9 Å². The van der Waals surface area contributed by atoms with Crippen LogP contribution in [0.2, 0.25) is 0 Å². The number of unbranched alkanes of at least 4 members (excludes halogenated alkanes) is 47. The van der Waals surface area contributed by atoms with Crippen LogP contribution in [0.4, 0.5) is 0 Å². The third-order valence-corrected chi connectivity index (χ3v) is 15.2. The molecule has 0 radical (unpaired) electrons. The second-order valence-electron chi connectivity index (χ2n) is 22.7. The maximum Gasteiger partial charge on any atom is 0.306 e. The van der Waals surface area contributed by atoms with E-state index in [9.17, 15) is 14.4 Å². The predicted molar refractivity (Wildman–Crippen MR) is 321 cm³/mol. The van der Waals surface area contributed by atoms with Gasteiger partial charge in [0, 0.05) is 19.3 Å². The van der Waals surface area contributed by atoms with Crippen LogP contribution < -0.4 is 0 Å². The number of hydrogen-bond acceptors (Lipinski definition) is 6. The second-order valence-corrected chi connectivity index (χ2v) is 22.7. The second kappa shape index (κ2) is 63.4. The molecule has 0 amide bonds. The molecule has 1 atom stereocenters. The Kier molecular flexibility index (Phi) is 61.6. The van der Waals surface area contributed by atoms with Crippen LogP contribution >= 0.6 is 0 Å². The molecule has 6 nitrogen and oxygen atoms in total. The predicted octanol–water partition coefficient (Wildman–Crippen LogP) is 22.6. The molecule has 74 heavy (non-hydrogen) atoms. The van der Waals surface area contributed by atoms with E-state index in [4.69, 9.17) is 14.2 Å². The highest BCUT2D eigenvalue weighted by molar-refractivity contribution is 5.71. The molecule has 0 aliphatic heterocycles. The molecule has 0 N–H and O–H groups in total. The van der Waals surface area contributed by atoms with E-state index in [1.165, 1.54) is 263 Å². The van der Waals surface area contributed by atoms with Gasteiger partial charge in [-0.25, -0.2) is 0 Å². The minimum absolute atomic E-state index is 0.0690. The van der Waals surface area contributed by atoms with Gasteiger partial charge in [-0.15, -0.1) is 0 Å². The molecule has 0 aromatic rings. The van der Waals surface area contributed by atoms with Crippen molar-refractivity contribution in [2.24, 2.45) is 0 Å². The Balaban J connectivity index is 4.08. The summed E-state index contributed by atoms with van der Waals surface area (Å²) < 4.78 is 16.9. The Morgan fingerprint density at radius 3 is 0.757 bits per heavy atom. The highest BCUT2D eigenvalue weighted by atomic mass is 16.6. The first-order chi connectivity index (χ1) is 36.5. The first-order valence-electron chi connectivity index (χ1n) is 33.3. The van der Waals surface area contributed by atoms with Crippen LogP contribution in [0.1, 0.15) is 374 Å². The molecule has 0 bridgehead atoms. The highest BCUT2D eigenvalue weighted by Crippen LogP contribution is 2.18. The van der Waals surface area contributed by atoms with Gasteiger partial charge in [0.2, 0.25) is 0 Å². The van der Waals surface area contributed by atoms with Gasteiger partial charge < -0.3 is 14.2 Å². The minimum atomic E-state index is -0.771. The highest BCUT2D eigenvalue weighted by Gasteiger charge is 2.19. The third-order valence-electron chi connectivity index (χ3n) is 15.2. The van der Waals surface area contributed by atoms with Crippen molar-refractivity contribution in [1.29, 1.82) is 0 Å². The van der Waals surface area contributed by atoms with Gasteiger partial charge in [0.25, 0.3) is 0 Å². The molecule has 0 saturated carbocycles. The van der Waals surface area contributed by atoms with Gasteiger partial charge in [0.15, 0.2) is 6.10 Å². The lowest BCUT2D eigenvalue weighted by molar-refractivity contribution is -0.167. The van der Waals surface area contributed by atoms with E-state index in [-0.39, 0.29) is 31.1 Å². The van der Waals surface area contributed by atoms with E-state index in [2.05, 4.69) is 45.1 Å². The molecule has 0 aromatic heterocycles. The lowest BCUT2D eigenvalue weighted by atomic mass is 10.0. The maximum absolute atomic E-state index is 12.9. The maximum atomic E-state index is 12.9. The minimum Gasteiger partial charge on any atom is -0.462 e. The lowest BCUT2D eigenvalue weighted by Gasteiger charge is -2.18. The number of esters is 3. The first kappa shape index (κ1) is 71.9. The summed E-state index contributed by atoms with van der Waals surface area (Å²) in [6, 6.07) is 0. The van der Waals surface area contributed by atoms with E-state index in [0.717, 1.165) is 70.6 Å². The summed E-state index contributed by atoms with van der Waals surface area (Å²) >= 11 is 0. The Bertz CT molecular complexity index is 1190. The van der Waals surface area contributed by atoms with Gasteiger partial charge in [-0.3, -0.25) is 14.4 Å². The van der Waals surface area contributed by atoms with Crippen molar-refractivity contribution < 1.29 is 28.6 Å². The zero-order valence-corrected chi connectivity index (χ0v) is 50.1. The van der Waals surface area contributed by atoms with Crippen LogP contribution in [0, 0.1) is 0 Å². The van der Waals surface area contributed by atoms with Crippen molar-refractivity contribution in [3.05, 3.63) is 24.3 Å². The van der Waals surface area contributed by atoms with Crippen molar-refractivity contribution in [3.8, 4) is 0 Å². The van der Waals surface area contributed by atoms with Gasteiger partial charge in [-0.1, -0.05) is 328 Å². The van der Waals surface area contributed by atoms with Gasteiger partial charge in [-0.05, 0) is 51.4 Å². The van der Waals surface area contributed by atoms with Crippen LogP contribution in [0.15, 0.2) is 24.3 Å². The molecule has 0 spiro atoms. The van der Waals surface area contributed by atoms with Crippen molar-refractivity contribution in [3.63, 3.8) is 0 Å². The van der Waals surface area contributed by atoms with E-state index >= 15 is 0 Å². The van der Waals surface area contributed by atoms with Crippen LogP contribution in [-0.2, 0) is 28.6 Å². The average molecular weight is 1040 g/mol. The monoisotopic (exact) mass is 1040 g/mol. The largest absolute Gasteiger partial charge is 0.462 e. The molecular formula is C68H128O6. The molecule has 436 valence electrons. The quantitative estimate of drug-likeness (QED) is 0.0261. The number of ether oxygens (including phenoxy) is 3. The zero-order chi connectivity index (χ0) is 53.6. The molecule has 0 aliphatic rings. The smallest absolute Gasteiger partial charge is 0.306 e. The summed E-state index contributed by atoms with van der Waals surface area (Å²) in [4.78, 5) is 38.2. The van der Waals surface area contributed by atoms with Crippen molar-refractivity contribution >= 4 is 17.9 Å². The van der Waals surface area contributed by atoms with Crippen LogP contribution in [0.25, 0.3) is 0 Å². The molecule has 0 heterocycles. The summed E-state index contributed by atoms with van der Waals surface area (Å²) in [6.07, 6.45) is 76.5. The lowest BCUT2D eigenvalue weighted by Crippen LogP contribution is -2.30. The summed E-state index contributed by atoms with van der Waals surface area (Å²) in [7, 11) is 0. The summed E-state index contributed by atoms with van der Waals surface area (Å²) in [5.41, 5.74) is 0. The van der Waals surface area contributed by atoms with E-state index in [1.54, 1.807) is 0 Å². The van der Waals surface area contributed by atoms with E-state index in [0.29, 0.717) is 19.3 Å². The number of carbonyl (C=O) groups is 3. The normalized spacial score (nSPS) is 12.1. The Morgan fingerprint density at radius 1 is 0.270 bits per heavy atom. The van der Waals surface area contributed by atoms with E-state index in [1.807, 2.05) is 0 Å². The number of rotatable bonds is 62. The molecule has 6 heteroatoms. The zero-order valence-electron chi connectivity index (χ0n) is 50.1. The SMILES string of the molecule is CCCCCC/C=C\C/C=C\CCCCCCCCCC(=O)OC(COC(=O)CCCCCCCCCCC)COC(=O)CCCCCCCCCCCCCCCCCCCCCCCCCCCCCCC. The molecule has 0 saturated heterocycles. The fourth-order valence-electron chi connectivity index (χ4n) is 10.2. The van der Waals surface area contributed by atoms with Gasteiger partial charge in [0.05, 0.1) is 0 Å². The van der Waals surface area contributed by atoms with Gasteiger partial charge in [0.1, 0.15) is 13.2 Å². The standard InChI is InChI=1S/C68H128O6/c1-4-7-10-13-16-19-21-23-25-27-29-30-31-32-33-34-35-36-37-38-39-41-42-44-46-49-52-55-58-61-67(70)73-64-65(63-72-66(69)60-57-54-51-48-18-15-12-9-6-3)74-68(71)62-59-56-53-50-47-45-43-40-28-26-24-22-20-17-14-11-8-5-2/h20,22,26,28,65H,4-19,21,23-25,27,29-64H2,1-3H3/b22-20-,28-26-. The average Bonchev–Trinajstić information content (AvgIpc) is 3.40. The third kappa shape index (κ3) is 60.8. The van der Waals surface area contributed by atoms with Crippen LogP contribution in [0.3, 0.4) is 0 Å². The fraction of sp³-hybridized carbons (Fsp3) is 0.897. The number of carbonyl (C=O) groups excluding carboxylic acids is 3. The van der Waals surface area contributed by atoms with Gasteiger partial charge in [-0.2, -0.15) is 0 Å². The Hall–Kier alpha value is -2.11. The fourth-order valence-corrected chi connectivity index (χ4v) is 10.2. The first-order valence-corrected chi connectivity index (χ1v) is 33.3. The summed E-state index contributed by atoms with van der Waals surface area (Å²) in [5.74, 6) is -0.855. The van der Waals surface area contributed by atoms with Crippen molar-refractivity contribution in [1.82, 2.24) is 0 Å². The molecule has 0 aliphatic carbocycles. The molecule has 1 unspecified atom stereocenters. The molecule has 0 fully saturated rings. The Morgan fingerprint density at radius 2 is 0.486 bits per heavy atom. The van der Waals surface area contributed by atoms with E-state index < -0.39 is 6.10 Å². The number of hydrogen-bond donors (Lipinski definition) is 0. The van der Waals surface area contributed by atoms with Crippen molar-refractivity contribution in [2.45, 2.75) is 380 Å². The Labute approximate surface area is 462 Å². The number of allylic oxidation sites excluding steroid dienone is 4. The molecular weight excluding hydrogens is 913 g/mol. The van der Waals surface area contributed by atoms with Crippen LogP contribution in [-0.4, -0.2) is 37.2 Å². The van der Waals surface area contributed by atoms with Crippen LogP contribution in [0.5, 0.6) is 0 Å². The topological polar surface area (TPSA) is 78.9 Å². The molecule has 0 aromatic carbocycles. The summed E-state index contributed by atoms with van der Waals surface area (Å²) in [6.45, 7) is 6.66. The van der Waals surface area contributed by atoms with Crippen molar-refractivity contribution in [2.75, 3.05) is 13.2 Å².